The highest BCUT2D eigenvalue weighted by Crippen LogP contribution is 2.50. The van der Waals surface area contributed by atoms with Crippen LogP contribution in [-0.2, 0) is 5.75 Å². The van der Waals surface area contributed by atoms with Crippen molar-refractivity contribution < 1.29 is 4.99 Å². The Morgan fingerprint density at radius 3 is 1.94 bits per heavy atom. The summed E-state index contributed by atoms with van der Waals surface area (Å²) >= 11 is 2.04. The van der Waals surface area contributed by atoms with Crippen molar-refractivity contribution in [1.82, 2.24) is 0 Å². The van der Waals surface area contributed by atoms with E-state index in [1.54, 1.807) is 0 Å². The number of hydrogen-bond donors (Lipinski definition) is 1. The molecular weight excluding hydrogens is 394 g/mol. The van der Waals surface area contributed by atoms with Crippen LogP contribution in [0.15, 0.2) is 115 Å². The maximum Gasteiger partial charge on any atom is 0.207 e. The number of hydrogen-bond acceptors (Lipinski definition) is 1. The van der Waals surface area contributed by atoms with Gasteiger partial charge in [0.05, 0.1) is 5.92 Å². The second-order valence-corrected chi connectivity index (χ2v) is 9.12. The summed E-state index contributed by atoms with van der Waals surface area (Å²) in [5, 5.41) is 0.331. The van der Waals surface area contributed by atoms with E-state index in [4.69, 9.17) is 0 Å². The molecule has 0 saturated carbocycles. The van der Waals surface area contributed by atoms with Gasteiger partial charge in [0.2, 0.25) is 5.69 Å². The van der Waals surface area contributed by atoms with Gasteiger partial charge in [-0.05, 0) is 16.7 Å². The molecule has 0 spiro atoms. The summed E-state index contributed by atoms with van der Waals surface area (Å²) in [5.74, 6) is 1.63. The van der Waals surface area contributed by atoms with Gasteiger partial charge in [-0.1, -0.05) is 109 Å². The summed E-state index contributed by atoms with van der Waals surface area (Å²) in [6.07, 6.45) is 2.29. The molecule has 0 bridgehead atoms. The van der Waals surface area contributed by atoms with Crippen LogP contribution in [0.4, 0.5) is 5.69 Å². The number of para-hydroxylation sites is 1. The van der Waals surface area contributed by atoms with E-state index in [9.17, 15) is 0 Å². The standard InChI is InChI=1S/C29H25NS/c1-4-12-22(13-5-1)21-31-29(24-16-8-3-9-17-24)28(23-14-6-2-7-15-23)26-20-30-27-19-11-10-18-25(26)27/h1-20,26,28-29H,21H2/p+1/t26?,28-,29+/m1/s1. The molecule has 0 aliphatic carbocycles. The average molecular weight is 421 g/mol. The fraction of sp³-hybridized carbons (Fsp3) is 0.138. The van der Waals surface area contributed by atoms with Gasteiger partial charge in [0.15, 0.2) is 6.21 Å². The highest BCUT2D eigenvalue weighted by atomic mass is 32.2. The van der Waals surface area contributed by atoms with Crippen LogP contribution in [0.3, 0.4) is 0 Å². The lowest BCUT2D eigenvalue weighted by atomic mass is 9.78. The van der Waals surface area contributed by atoms with Gasteiger partial charge in [0, 0.05) is 28.6 Å². The second-order valence-electron chi connectivity index (χ2n) is 7.99. The molecule has 31 heavy (non-hydrogen) atoms. The molecule has 0 aromatic heterocycles. The minimum atomic E-state index is 0.312. The predicted molar refractivity (Wildman–Crippen MR) is 132 cm³/mol. The maximum atomic E-state index is 3.55. The lowest BCUT2D eigenvalue weighted by molar-refractivity contribution is -0.344. The van der Waals surface area contributed by atoms with E-state index in [0.717, 1.165) is 5.75 Å². The Labute approximate surface area is 188 Å². The van der Waals surface area contributed by atoms with Crippen molar-refractivity contribution in [3.05, 3.63) is 138 Å². The van der Waals surface area contributed by atoms with E-state index >= 15 is 0 Å². The first-order valence-electron chi connectivity index (χ1n) is 10.8. The minimum absolute atomic E-state index is 0.312. The molecule has 0 radical (unpaired) electrons. The molecule has 0 fully saturated rings. The number of thioether (sulfide) groups is 1. The van der Waals surface area contributed by atoms with Crippen LogP contribution in [0.25, 0.3) is 0 Å². The molecule has 1 heterocycles. The van der Waals surface area contributed by atoms with Gasteiger partial charge >= 0.3 is 0 Å². The average Bonchev–Trinajstić information content (AvgIpc) is 3.27. The van der Waals surface area contributed by atoms with Gasteiger partial charge in [-0.3, -0.25) is 0 Å². The van der Waals surface area contributed by atoms with Gasteiger partial charge < -0.3 is 0 Å². The van der Waals surface area contributed by atoms with E-state index in [-0.39, 0.29) is 0 Å². The van der Waals surface area contributed by atoms with Crippen molar-refractivity contribution in [3.63, 3.8) is 0 Å². The van der Waals surface area contributed by atoms with Crippen molar-refractivity contribution in [3.8, 4) is 0 Å². The topological polar surface area (TPSA) is 14.0 Å². The van der Waals surface area contributed by atoms with Crippen LogP contribution in [-0.4, -0.2) is 6.21 Å². The third kappa shape index (κ3) is 4.35. The van der Waals surface area contributed by atoms with E-state index in [1.807, 2.05) is 11.8 Å². The summed E-state index contributed by atoms with van der Waals surface area (Å²) in [7, 11) is 0. The summed E-state index contributed by atoms with van der Waals surface area (Å²) in [4.78, 5) is 3.55. The van der Waals surface area contributed by atoms with Crippen LogP contribution in [0, 0.1) is 0 Å². The lowest BCUT2D eigenvalue weighted by Gasteiger charge is -2.30. The minimum Gasteiger partial charge on any atom is -0.214 e. The smallest absolute Gasteiger partial charge is 0.207 e. The third-order valence-electron chi connectivity index (χ3n) is 6.04. The number of rotatable bonds is 7. The van der Waals surface area contributed by atoms with Gasteiger partial charge in [-0.25, -0.2) is 4.99 Å². The number of fused-ring (bicyclic) bond motifs is 1. The first-order valence-corrected chi connectivity index (χ1v) is 11.9. The fourth-order valence-corrected chi connectivity index (χ4v) is 5.99. The van der Waals surface area contributed by atoms with Crippen LogP contribution in [0.1, 0.15) is 39.3 Å². The van der Waals surface area contributed by atoms with Gasteiger partial charge in [0.1, 0.15) is 0 Å². The third-order valence-corrected chi connectivity index (χ3v) is 7.46. The Morgan fingerprint density at radius 2 is 1.23 bits per heavy atom. The van der Waals surface area contributed by atoms with Crippen molar-refractivity contribution >= 4 is 23.7 Å². The molecule has 1 N–H and O–H groups in total. The summed E-state index contributed by atoms with van der Waals surface area (Å²) in [5.41, 5.74) is 6.76. The molecule has 4 aromatic rings. The van der Waals surface area contributed by atoms with E-state index in [2.05, 4.69) is 126 Å². The Morgan fingerprint density at radius 1 is 0.645 bits per heavy atom. The first-order chi connectivity index (χ1) is 15.4. The van der Waals surface area contributed by atoms with Crippen molar-refractivity contribution in [1.29, 1.82) is 0 Å². The van der Waals surface area contributed by atoms with Crippen molar-refractivity contribution in [2.75, 3.05) is 0 Å². The molecule has 2 heteroatoms. The Kier molecular flexibility index (Phi) is 5.99. The summed E-state index contributed by atoms with van der Waals surface area (Å²) in [6.45, 7) is 0. The highest BCUT2D eigenvalue weighted by molar-refractivity contribution is 7.98. The Hall–Kier alpha value is -3.10. The zero-order chi connectivity index (χ0) is 20.9. The zero-order valence-electron chi connectivity index (χ0n) is 17.4. The molecule has 4 aromatic carbocycles. The van der Waals surface area contributed by atoms with Crippen LogP contribution in [0.2, 0.25) is 0 Å². The second kappa shape index (κ2) is 9.36. The van der Waals surface area contributed by atoms with E-state index in [0.29, 0.717) is 17.1 Å². The Bertz CT molecular complexity index is 1140. The van der Waals surface area contributed by atoms with Gasteiger partial charge in [-0.2, -0.15) is 0 Å². The largest absolute Gasteiger partial charge is 0.214 e. The molecular formula is C29H26NS+. The molecule has 1 unspecified atom stereocenters. The fourth-order valence-electron chi connectivity index (χ4n) is 4.54. The highest BCUT2D eigenvalue weighted by Gasteiger charge is 2.38. The normalized spacial score (nSPS) is 16.6. The Balaban J connectivity index is 1.58. The van der Waals surface area contributed by atoms with Crippen LogP contribution >= 0.6 is 11.8 Å². The predicted octanol–water partition coefficient (Wildman–Crippen LogP) is 6.03. The monoisotopic (exact) mass is 420 g/mol. The quantitative estimate of drug-likeness (QED) is 0.386. The molecule has 5 rings (SSSR count). The molecule has 0 amide bonds. The SMILES string of the molecule is C1=[NH+]c2ccccc2C1[C@@H](c1ccccc1)[C@@H](SCc1ccccc1)c1ccccc1. The van der Waals surface area contributed by atoms with E-state index in [1.165, 1.54) is 27.9 Å². The van der Waals surface area contributed by atoms with E-state index < -0.39 is 0 Å². The van der Waals surface area contributed by atoms with Crippen LogP contribution < -0.4 is 4.99 Å². The molecule has 3 atom stereocenters. The number of nitrogens with one attached hydrogen (secondary N) is 1. The molecule has 0 saturated heterocycles. The summed E-state index contributed by atoms with van der Waals surface area (Å²) in [6, 6.07) is 41.6. The van der Waals surface area contributed by atoms with Crippen LogP contribution in [0.5, 0.6) is 0 Å². The zero-order valence-corrected chi connectivity index (χ0v) is 18.2. The number of benzene rings is 4. The van der Waals surface area contributed by atoms with Gasteiger partial charge in [-0.15, -0.1) is 11.8 Å². The molecule has 1 aliphatic heterocycles. The summed E-state index contributed by atoms with van der Waals surface area (Å²) < 4.78 is 0. The van der Waals surface area contributed by atoms with Crippen molar-refractivity contribution in [2.24, 2.45) is 0 Å². The lowest BCUT2D eigenvalue weighted by Crippen LogP contribution is -2.59. The first kappa shape index (κ1) is 19.8. The molecule has 1 nitrogen and oxygen atoms in total. The van der Waals surface area contributed by atoms with Gasteiger partial charge in [0.25, 0.3) is 0 Å². The van der Waals surface area contributed by atoms with Crippen molar-refractivity contribution in [2.45, 2.75) is 22.8 Å². The molecule has 152 valence electrons. The molecule has 1 aliphatic rings. The maximum absolute atomic E-state index is 3.55.